The molecule has 0 spiro atoms. The Morgan fingerprint density at radius 1 is 1.26 bits per heavy atom. The summed E-state index contributed by atoms with van der Waals surface area (Å²) in [5.41, 5.74) is -1.69. The minimum absolute atomic E-state index is 0.00947. The van der Waals surface area contributed by atoms with Gasteiger partial charge in [-0.25, -0.2) is 17.5 Å². The highest BCUT2D eigenvalue weighted by atomic mass is 32.2. The number of carbonyl (C=O) groups excluding carboxylic acids is 1. The van der Waals surface area contributed by atoms with Crippen LogP contribution in [-0.4, -0.2) is 44.1 Å². The van der Waals surface area contributed by atoms with Crippen molar-refractivity contribution in [3.05, 3.63) is 29.8 Å². The van der Waals surface area contributed by atoms with E-state index < -0.39 is 38.4 Å². The predicted molar refractivity (Wildman–Crippen MR) is 94.7 cm³/mol. The van der Waals surface area contributed by atoms with Gasteiger partial charge < -0.3 is 10.1 Å². The van der Waals surface area contributed by atoms with Crippen LogP contribution in [0, 0.1) is 0 Å². The van der Waals surface area contributed by atoms with Gasteiger partial charge in [0.1, 0.15) is 5.60 Å². The molecule has 1 aromatic carbocycles. The number of alkyl carbamates (subject to hydrolysis) is 1. The zero-order valence-electron chi connectivity index (χ0n) is 15.9. The Kier molecular flexibility index (Phi) is 7.29. The molecule has 154 valence electrons. The smallest absolute Gasteiger partial charge is 0.416 e. The fraction of sp³-hybridized carbons (Fsp3) is 0.588. The molecule has 1 atom stereocenters. The minimum Gasteiger partial charge on any atom is -0.444 e. The first-order valence-electron chi connectivity index (χ1n) is 8.26. The molecule has 10 heteroatoms. The van der Waals surface area contributed by atoms with Gasteiger partial charge >= 0.3 is 12.3 Å². The number of nitrogens with one attached hydrogen (secondary N) is 1. The topological polar surface area (TPSA) is 75.7 Å². The molecule has 0 aliphatic heterocycles. The lowest BCUT2D eigenvalue weighted by Crippen LogP contribution is -2.39. The third-order valence-corrected chi connectivity index (χ3v) is 5.36. The summed E-state index contributed by atoms with van der Waals surface area (Å²) in [6, 6.07) is 3.19. The normalized spacial score (nSPS) is 14.1. The Morgan fingerprint density at radius 2 is 1.85 bits per heavy atom. The van der Waals surface area contributed by atoms with Gasteiger partial charge in [0.05, 0.1) is 10.5 Å². The molecule has 0 fully saturated rings. The highest BCUT2D eigenvalue weighted by Crippen LogP contribution is 2.31. The van der Waals surface area contributed by atoms with Crippen LogP contribution in [0.3, 0.4) is 0 Å². The van der Waals surface area contributed by atoms with Crippen molar-refractivity contribution in [2.24, 2.45) is 0 Å². The first-order chi connectivity index (χ1) is 12.1. The van der Waals surface area contributed by atoms with Gasteiger partial charge in [-0.05, 0) is 52.3 Å². The summed E-state index contributed by atoms with van der Waals surface area (Å²) >= 11 is 0. The molecule has 6 nitrogen and oxygen atoms in total. The highest BCUT2D eigenvalue weighted by molar-refractivity contribution is 7.89. The van der Waals surface area contributed by atoms with E-state index in [9.17, 15) is 26.4 Å². The number of amides is 1. The van der Waals surface area contributed by atoms with Crippen molar-refractivity contribution < 1.29 is 31.1 Å². The quantitative estimate of drug-likeness (QED) is 0.777. The summed E-state index contributed by atoms with van der Waals surface area (Å²) in [5, 5.41) is 2.58. The van der Waals surface area contributed by atoms with Gasteiger partial charge in [0, 0.05) is 19.6 Å². The van der Waals surface area contributed by atoms with E-state index in [1.165, 1.54) is 7.05 Å². The van der Waals surface area contributed by atoms with Crippen LogP contribution < -0.4 is 5.32 Å². The third-order valence-electron chi connectivity index (χ3n) is 3.51. The molecule has 0 saturated heterocycles. The molecular weight excluding hydrogens is 385 g/mol. The van der Waals surface area contributed by atoms with Crippen molar-refractivity contribution in [2.75, 3.05) is 13.6 Å². The van der Waals surface area contributed by atoms with E-state index in [1.807, 2.05) is 0 Å². The van der Waals surface area contributed by atoms with Crippen molar-refractivity contribution in [3.8, 4) is 0 Å². The Balaban J connectivity index is 2.73. The predicted octanol–water partition coefficient (Wildman–Crippen LogP) is 3.63. The maximum Gasteiger partial charge on any atom is 0.416 e. The third kappa shape index (κ3) is 7.37. The summed E-state index contributed by atoms with van der Waals surface area (Å²) in [7, 11) is -2.81. The second-order valence-corrected chi connectivity index (χ2v) is 9.23. The van der Waals surface area contributed by atoms with Crippen LogP contribution >= 0.6 is 0 Å². The van der Waals surface area contributed by atoms with Crippen LogP contribution in [0.25, 0.3) is 0 Å². The number of hydrogen-bond acceptors (Lipinski definition) is 4. The molecule has 1 unspecified atom stereocenters. The molecule has 1 amide bonds. The van der Waals surface area contributed by atoms with Crippen molar-refractivity contribution >= 4 is 16.1 Å². The highest BCUT2D eigenvalue weighted by Gasteiger charge is 2.32. The fourth-order valence-electron chi connectivity index (χ4n) is 2.09. The van der Waals surface area contributed by atoms with E-state index in [4.69, 9.17) is 4.74 Å². The number of halogens is 3. The Bertz CT molecular complexity index is 758. The van der Waals surface area contributed by atoms with Gasteiger partial charge in [0.15, 0.2) is 0 Å². The SMILES string of the molecule is CC(CCN(C)S(=O)(=O)c1cccc(C(F)(F)F)c1)NC(=O)OC(C)(C)C. The molecule has 0 radical (unpaired) electrons. The average molecular weight is 410 g/mol. The van der Waals surface area contributed by atoms with Crippen LogP contribution in [-0.2, 0) is 20.9 Å². The zero-order chi connectivity index (χ0) is 21.0. The van der Waals surface area contributed by atoms with E-state index in [0.717, 1.165) is 22.5 Å². The lowest BCUT2D eigenvalue weighted by atomic mass is 10.2. The molecular formula is C17H25F3N2O4S. The van der Waals surface area contributed by atoms with Crippen molar-refractivity contribution in [1.82, 2.24) is 9.62 Å². The molecule has 0 aliphatic carbocycles. The van der Waals surface area contributed by atoms with Crippen LogP contribution in [0.15, 0.2) is 29.2 Å². The largest absolute Gasteiger partial charge is 0.444 e. The van der Waals surface area contributed by atoms with Gasteiger partial charge in [-0.2, -0.15) is 13.2 Å². The molecule has 27 heavy (non-hydrogen) atoms. The van der Waals surface area contributed by atoms with Crippen molar-refractivity contribution in [3.63, 3.8) is 0 Å². The molecule has 0 heterocycles. The van der Waals surface area contributed by atoms with Gasteiger partial charge in [0.2, 0.25) is 10.0 Å². The lowest BCUT2D eigenvalue weighted by molar-refractivity contribution is -0.137. The first kappa shape index (κ1) is 23.2. The summed E-state index contributed by atoms with van der Waals surface area (Å²) in [6.07, 6.45) is -5.00. The molecule has 0 saturated carbocycles. The van der Waals surface area contributed by atoms with Crippen LogP contribution in [0.2, 0.25) is 0 Å². The van der Waals surface area contributed by atoms with Gasteiger partial charge in [-0.15, -0.1) is 0 Å². The summed E-state index contributed by atoms with van der Waals surface area (Å²) in [5.74, 6) is 0. The lowest BCUT2D eigenvalue weighted by Gasteiger charge is -2.23. The fourth-order valence-corrected chi connectivity index (χ4v) is 3.32. The minimum atomic E-state index is -4.63. The van der Waals surface area contributed by atoms with Gasteiger partial charge in [-0.1, -0.05) is 6.07 Å². The van der Waals surface area contributed by atoms with Gasteiger partial charge in [-0.3, -0.25) is 0 Å². The van der Waals surface area contributed by atoms with E-state index in [2.05, 4.69) is 5.32 Å². The van der Waals surface area contributed by atoms with E-state index >= 15 is 0 Å². The zero-order valence-corrected chi connectivity index (χ0v) is 16.7. The number of benzene rings is 1. The maximum absolute atomic E-state index is 12.8. The van der Waals surface area contributed by atoms with Crippen LogP contribution in [0.1, 0.15) is 39.7 Å². The number of hydrogen-bond donors (Lipinski definition) is 1. The molecule has 0 aromatic heterocycles. The van der Waals surface area contributed by atoms with E-state index in [1.54, 1.807) is 27.7 Å². The maximum atomic E-state index is 12.8. The molecule has 0 bridgehead atoms. The summed E-state index contributed by atoms with van der Waals surface area (Å²) < 4.78 is 69.4. The van der Waals surface area contributed by atoms with Crippen molar-refractivity contribution in [2.45, 2.75) is 56.8 Å². The van der Waals surface area contributed by atoms with Gasteiger partial charge in [0.25, 0.3) is 0 Å². The molecule has 1 N–H and O–H groups in total. The number of nitrogens with zero attached hydrogens (tertiary/aromatic N) is 1. The second kappa shape index (κ2) is 8.47. The molecule has 1 rings (SSSR count). The summed E-state index contributed by atoms with van der Waals surface area (Å²) in [6.45, 7) is 6.83. The van der Waals surface area contributed by atoms with E-state index in [-0.39, 0.29) is 19.0 Å². The summed E-state index contributed by atoms with van der Waals surface area (Å²) in [4.78, 5) is 11.3. The Hall–Kier alpha value is -1.81. The van der Waals surface area contributed by atoms with E-state index in [0.29, 0.717) is 6.07 Å². The first-order valence-corrected chi connectivity index (χ1v) is 9.70. The number of ether oxygens (including phenoxy) is 1. The number of sulfonamides is 1. The standard InChI is InChI=1S/C17H25F3N2O4S/c1-12(21-15(23)26-16(2,3)4)9-10-22(5)27(24,25)14-8-6-7-13(11-14)17(18,19)20/h6-8,11-12H,9-10H2,1-5H3,(H,21,23). The monoisotopic (exact) mass is 410 g/mol. The number of carbonyl (C=O) groups is 1. The molecule has 1 aromatic rings. The Labute approximate surface area is 157 Å². The number of rotatable bonds is 6. The van der Waals surface area contributed by atoms with Crippen LogP contribution in [0.5, 0.6) is 0 Å². The van der Waals surface area contributed by atoms with Crippen molar-refractivity contribution in [1.29, 1.82) is 0 Å². The Morgan fingerprint density at radius 3 is 2.37 bits per heavy atom. The second-order valence-electron chi connectivity index (χ2n) is 7.19. The van der Waals surface area contributed by atoms with Crippen LogP contribution in [0.4, 0.5) is 18.0 Å². The average Bonchev–Trinajstić information content (AvgIpc) is 2.49. The number of alkyl halides is 3. The molecule has 0 aliphatic rings.